The third-order valence-electron chi connectivity index (χ3n) is 2.34. The van der Waals surface area contributed by atoms with E-state index in [2.05, 4.69) is 15.6 Å². The number of ether oxygens (including phenoxy) is 1. The van der Waals surface area contributed by atoms with Gasteiger partial charge in [-0.3, -0.25) is 0 Å². The second kappa shape index (κ2) is 5.31. The van der Waals surface area contributed by atoms with E-state index in [4.69, 9.17) is 4.74 Å². The second-order valence-corrected chi connectivity index (χ2v) is 3.72. The van der Waals surface area contributed by atoms with Gasteiger partial charge in [-0.1, -0.05) is 29.8 Å². The first kappa shape index (κ1) is 12.1. The fourth-order valence-corrected chi connectivity index (χ4v) is 1.48. The Morgan fingerprint density at radius 1 is 1.39 bits per heavy atom. The number of nitrogens with zero attached hydrogens (tertiary/aromatic N) is 3. The van der Waals surface area contributed by atoms with E-state index in [-0.39, 0.29) is 0 Å². The minimum absolute atomic E-state index is 0.313. The molecule has 0 radical (unpaired) electrons. The Labute approximate surface area is 105 Å². The van der Waals surface area contributed by atoms with E-state index in [1.54, 1.807) is 6.92 Å². The van der Waals surface area contributed by atoms with Crippen molar-refractivity contribution >= 4 is 6.09 Å². The molecule has 94 valence electrons. The van der Waals surface area contributed by atoms with E-state index >= 15 is 0 Å². The predicted molar refractivity (Wildman–Crippen MR) is 66.6 cm³/mol. The molecule has 1 heterocycles. The minimum Gasteiger partial charge on any atom is -0.449 e. The Morgan fingerprint density at radius 3 is 2.78 bits per heavy atom. The maximum Gasteiger partial charge on any atom is 0.426 e. The Hall–Kier alpha value is -2.37. The Kier molecular flexibility index (Phi) is 3.57. The maximum atomic E-state index is 11.3. The third kappa shape index (κ3) is 2.65. The van der Waals surface area contributed by atoms with Crippen LogP contribution >= 0.6 is 0 Å². The van der Waals surface area contributed by atoms with Crippen molar-refractivity contribution in [2.75, 3.05) is 12.0 Å². The number of carbonyl (C=O) groups excluding carboxylic acids is 1. The number of benzene rings is 1. The molecule has 0 spiro atoms. The molecular weight excluding hydrogens is 232 g/mol. The van der Waals surface area contributed by atoms with Gasteiger partial charge in [0.1, 0.15) is 6.33 Å². The highest BCUT2D eigenvalue weighted by molar-refractivity contribution is 5.76. The largest absolute Gasteiger partial charge is 0.449 e. The first-order valence-corrected chi connectivity index (χ1v) is 5.61. The molecule has 1 aromatic heterocycles. The zero-order valence-corrected chi connectivity index (χ0v) is 10.3. The minimum atomic E-state index is -0.536. The molecule has 18 heavy (non-hydrogen) atoms. The zero-order valence-electron chi connectivity index (χ0n) is 10.3. The molecule has 2 aromatic rings. The van der Waals surface area contributed by atoms with Crippen LogP contribution in [0.2, 0.25) is 0 Å². The summed E-state index contributed by atoms with van der Waals surface area (Å²) in [6.45, 7) is 4.06. The van der Waals surface area contributed by atoms with E-state index in [9.17, 15) is 4.79 Å². The van der Waals surface area contributed by atoms with Crippen LogP contribution in [0.3, 0.4) is 0 Å². The number of hydrogen-bond donors (Lipinski definition) is 1. The number of amides is 1. The average Bonchev–Trinajstić information content (AvgIpc) is 2.78. The quantitative estimate of drug-likeness (QED) is 0.898. The summed E-state index contributed by atoms with van der Waals surface area (Å²) in [4.78, 5) is 11.3. The number of hydrogen-bond acceptors (Lipinski definition) is 4. The van der Waals surface area contributed by atoms with Crippen molar-refractivity contribution in [1.82, 2.24) is 14.9 Å². The number of carbonyl (C=O) groups is 1. The number of aromatic nitrogens is 3. The number of rotatable bonds is 3. The van der Waals surface area contributed by atoms with E-state index < -0.39 is 6.09 Å². The Morgan fingerprint density at radius 2 is 2.11 bits per heavy atom. The first-order chi connectivity index (χ1) is 8.70. The molecule has 0 aliphatic heterocycles. The average molecular weight is 246 g/mol. The van der Waals surface area contributed by atoms with Gasteiger partial charge in [0.2, 0.25) is 0 Å². The lowest BCUT2D eigenvalue weighted by molar-refractivity contribution is 0.164. The molecule has 0 unspecified atom stereocenters. The van der Waals surface area contributed by atoms with Gasteiger partial charge in [-0.15, -0.1) is 10.2 Å². The standard InChI is InChI=1S/C12H14N4O2/c1-3-18-12(17)15-16-8-13-14-11(16)10-6-4-9(2)5-7-10/h4-8H,3H2,1-2H3,(H,15,17). The predicted octanol–water partition coefficient (Wildman–Crippen LogP) is 1.95. The van der Waals surface area contributed by atoms with Gasteiger partial charge in [0.15, 0.2) is 5.82 Å². The lowest BCUT2D eigenvalue weighted by Gasteiger charge is -2.08. The smallest absolute Gasteiger partial charge is 0.426 e. The third-order valence-corrected chi connectivity index (χ3v) is 2.34. The van der Waals surface area contributed by atoms with Crippen LogP contribution in [0.15, 0.2) is 30.6 Å². The molecule has 6 heteroatoms. The molecular formula is C12H14N4O2. The molecule has 0 fully saturated rings. The van der Waals surface area contributed by atoms with Crippen LogP contribution in [0, 0.1) is 6.92 Å². The van der Waals surface area contributed by atoms with Gasteiger partial charge >= 0.3 is 6.09 Å². The van der Waals surface area contributed by atoms with Crippen LogP contribution in [-0.2, 0) is 4.74 Å². The Bertz CT molecular complexity index is 533. The van der Waals surface area contributed by atoms with Gasteiger partial charge < -0.3 is 4.74 Å². The van der Waals surface area contributed by atoms with E-state index in [1.165, 1.54) is 11.0 Å². The van der Waals surface area contributed by atoms with Gasteiger partial charge in [0, 0.05) is 5.56 Å². The van der Waals surface area contributed by atoms with Gasteiger partial charge in [0.25, 0.3) is 0 Å². The molecule has 0 saturated carbocycles. The molecule has 0 bridgehead atoms. The number of aryl methyl sites for hydroxylation is 1. The topological polar surface area (TPSA) is 69.0 Å². The van der Waals surface area contributed by atoms with Crippen molar-refractivity contribution in [3.05, 3.63) is 36.2 Å². The normalized spacial score (nSPS) is 10.1. The highest BCUT2D eigenvalue weighted by Gasteiger charge is 2.09. The van der Waals surface area contributed by atoms with Crippen LogP contribution < -0.4 is 5.43 Å². The summed E-state index contributed by atoms with van der Waals surface area (Å²) in [6.07, 6.45) is 0.886. The summed E-state index contributed by atoms with van der Waals surface area (Å²) in [5.74, 6) is 0.558. The molecule has 1 amide bonds. The van der Waals surface area contributed by atoms with Crippen molar-refractivity contribution in [3.8, 4) is 11.4 Å². The Balaban J connectivity index is 2.22. The maximum absolute atomic E-state index is 11.3. The van der Waals surface area contributed by atoms with Crippen LogP contribution in [0.4, 0.5) is 4.79 Å². The molecule has 0 aliphatic rings. The van der Waals surface area contributed by atoms with Crippen molar-refractivity contribution in [3.63, 3.8) is 0 Å². The van der Waals surface area contributed by atoms with Gasteiger partial charge in [0.05, 0.1) is 6.61 Å². The molecule has 1 N–H and O–H groups in total. The monoisotopic (exact) mass is 246 g/mol. The van der Waals surface area contributed by atoms with E-state index in [0.717, 1.165) is 11.1 Å². The van der Waals surface area contributed by atoms with Crippen molar-refractivity contribution in [2.45, 2.75) is 13.8 Å². The van der Waals surface area contributed by atoms with E-state index in [0.29, 0.717) is 12.4 Å². The SMILES string of the molecule is CCOC(=O)Nn1cnnc1-c1ccc(C)cc1. The molecule has 0 atom stereocenters. The summed E-state index contributed by atoms with van der Waals surface area (Å²) < 4.78 is 6.23. The number of nitrogens with one attached hydrogen (secondary N) is 1. The van der Waals surface area contributed by atoms with Crippen molar-refractivity contribution < 1.29 is 9.53 Å². The highest BCUT2D eigenvalue weighted by Crippen LogP contribution is 2.16. The lowest BCUT2D eigenvalue weighted by atomic mass is 10.1. The van der Waals surface area contributed by atoms with Crippen LogP contribution in [-0.4, -0.2) is 27.6 Å². The van der Waals surface area contributed by atoms with Crippen LogP contribution in [0.5, 0.6) is 0 Å². The molecule has 0 saturated heterocycles. The first-order valence-electron chi connectivity index (χ1n) is 5.61. The van der Waals surface area contributed by atoms with Gasteiger partial charge in [-0.25, -0.2) is 14.9 Å². The van der Waals surface area contributed by atoms with Crippen molar-refractivity contribution in [2.24, 2.45) is 0 Å². The second-order valence-electron chi connectivity index (χ2n) is 3.72. The fourth-order valence-electron chi connectivity index (χ4n) is 1.48. The van der Waals surface area contributed by atoms with Gasteiger partial charge in [-0.2, -0.15) is 0 Å². The lowest BCUT2D eigenvalue weighted by Crippen LogP contribution is -2.23. The fraction of sp³-hybridized carbons (Fsp3) is 0.250. The summed E-state index contributed by atoms with van der Waals surface area (Å²) >= 11 is 0. The summed E-state index contributed by atoms with van der Waals surface area (Å²) in [7, 11) is 0. The summed E-state index contributed by atoms with van der Waals surface area (Å²) in [5.41, 5.74) is 4.56. The van der Waals surface area contributed by atoms with E-state index in [1.807, 2.05) is 31.2 Å². The van der Waals surface area contributed by atoms with Crippen molar-refractivity contribution in [1.29, 1.82) is 0 Å². The zero-order chi connectivity index (χ0) is 13.0. The molecule has 0 aliphatic carbocycles. The van der Waals surface area contributed by atoms with Crippen LogP contribution in [0.25, 0.3) is 11.4 Å². The molecule has 2 rings (SSSR count). The summed E-state index contributed by atoms with van der Waals surface area (Å²) in [6, 6.07) is 7.78. The van der Waals surface area contributed by atoms with Gasteiger partial charge in [-0.05, 0) is 13.8 Å². The highest BCUT2D eigenvalue weighted by atomic mass is 16.6. The van der Waals surface area contributed by atoms with Crippen LogP contribution in [0.1, 0.15) is 12.5 Å². The summed E-state index contributed by atoms with van der Waals surface area (Å²) in [5, 5.41) is 7.75. The molecule has 1 aromatic carbocycles. The molecule has 6 nitrogen and oxygen atoms in total.